The second-order valence-corrected chi connectivity index (χ2v) is 8.74. The quantitative estimate of drug-likeness (QED) is 0.859. The molecule has 2 saturated heterocycles. The summed E-state index contributed by atoms with van der Waals surface area (Å²) < 4.78 is 5.62. The lowest BCUT2D eigenvalue weighted by Gasteiger charge is -2.43. The SMILES string of the molecule is CCc1ccc(C2CC(c3nc(C4CC4)no3)CN(C(=O)N3CC(O)C3)C2)cc1. The van der Waals surface area contributed by atoms with Crippen molar-refractivity contribution in [3.8, 4) is 0 Å². The van der Waals surface area contributed by atoms with Gasteiger partial charge in [-0.15, -0.1) is 0 Å². The van der Waals surface area contributed by atoms with E-state index in [4.69, 9.17) is 4.52 Å². The molecule has 3 fully saturated rings. The smallest absolute Gasteiger partial charge is 0.320 e. The second-order valence-electron chi connectivity index (χ2n) is 8.74. The van der Waals surface area contributed by atoms with E-state index in [0.29, 0.717) is 38.0 Å². The Kier molecular flexibility index (Phi) is 4.78. The number of rotatable bonds is 4. The van der Waals surface area contributed by atoms with E-state index in [-0.39, 0.29) is 17.9 Å². The van der Waals surface area contributed by atoms with Gasteiger partial charge in [-0.2, -0.15) is 4.98 Å². The van der Waals surface area contributed by atoms with E-state index >= 15 is 0 Å². The number of hydrogen-bond donors (Lipinski definition) is 1. The monoisotopic (exact) mass is 396 g/mol. The van der Waals surface area contributed by atoms with Crippen LogP contribution in [0.2, 0.25) is 0 Å². The van der Waals surface area contributed by atoms with E-state index in [9.17, 15) is 9.90 Å². The highest BCUT2D eigenvalue weighted by atomic mass is 16.5. The Balaban J connectivity index is 1.38. The number of likely N-dealkylation sites (tertiary alicyclic amines) is 2. The van der Waals surface area contributed by atoms with Crippen molar-refractivity contribution in [3.05, 3.63) is 47.1 Å². The lowest BCUT2D eigenvalue weighted by Crippen LogP contribution is -2.59. The maximum atomic E-state index is 13.0. The predicted octanol–water partition coefficient (Wildman–Crippen LogP) is 2.88. The van der Waals surface area contributed by atoms with E-state index in [2.05, 4.69) is 41.3 Å². The van der Waals surface area contributed by atoms with E-state index in [1.165, 1.54) is 11.1 Å². The highest BCUT2D eigenvalue weighted by Gasteiger charge is 2.39. The number of carbonyl (C=O) groups is 1. The van der Waals surface area contributed by atoms with Gasteiger partial charge in [0.05, 0.1) is 25.1 Å². The van der Waals surface area contributed by atoms with Crippen molar-refractivity contribution in [1.29, 1.82) is 0 Å². The predicted molar refractivity (Wildman–Crippen MR) is 107 cm³/mol. The summed E-state index contributed by atoms with van der Waals surface area (Å²) in [5.74, 6) is 2.19. The number of urea groups is 1. The number of carbonyl (C=O) groups excluding carboxylic acids is 1. The Morgan fingerprint density at radius 2 is 1.76 bits per heavy atom. The molecule has 154 valence electrons. The van der Waals surface area contributed by atoms with Gasteiger partial charge in [0.2, 0.25) is 5.89 Å². The normalized spacial score (nSPS) is 25.2. The molecule has 2 atom stereocenters. The third-order valence-electron chi connectivity index (χ3n) is 6.46. The summed E-state index contributed by atoms with van der Waals surface area (Å²) in [4.78, 5) is 21.3. The molecule has 5 rings (SSSR count). The molecule has 2 unspecified atom stereocenters. The number of β-amino-alcohol motifs (C(OH)–C–C–N with tert-alkyl or cyclic N) is 1. The first-order valence-electron chi connectivity index (χ1n) is 10.7. The molecule has 0 spiro atoms. The molecule has 1 aromatic carbocycles. The van der Waals surface area contributed by atoms with Gasteiger partial charge < -0.3 is 19.4 Å². The largest absolute Gasteiger partial charge is 0.389 e. The molecule has 2 amide bonds. The fraction of sp³-hybridized carbons (Fsp3) is 0.591. The zero-order valence-electron chi connectivity index (χ0n) is 16.8. The highest BCUT2D eigenvalue weighted by molar-refractivity contribution is 5.75. The van der Waals surface area contributed by atoms with E-state index in [1.807, 2.05) is 4.90 Å². The minimum absolute atomic E-state index is 0.00268. The molecule has 29 heavy (non-hydrogen) atoms. The number of aromatic nitrogens is 2. The van der Waals surface area contributed by atoms with Gasteiger partial charge in [-0.25, -0.2) is 4.79 Å². The molecule has 1 aromatic heterocycles. The van der Waals surface area contributed by atoms with Crippen LogP contribution in [0.15, 0.2) is 28.8 Å². The lowest BCUT2D eigenvalue weighted by atomic mass is 9.84. The first-order chi connectivity index (χ1) is 14.1. The van der Waals surface area contributed by atoms with Gasteiger partial charge in [-0.3, -0.25) is 0 Å². The van der Waals surface area contributed by atoms with Crippen LogP contribution in [0, 0.1) is 0 Å². The molecule has 3 heterocycles. The molecule has 1 aliphatic carbocycles. The van der Waals surface area contributed by atoms with E-state index < -0.39 is 6.10 Å². The maximum Gasteiger partial charge on any atom is 0.320 e. The van der Waals surface area contributed by atoms with E-state index in [1.54, 1.807) is 4.90 Å². The molecule has 7 nitrogen and oxygen atoms in total. The molecular weight excluding hydrogens is 368 g/mol. The fourth-order valence-corrected chi connectivity index (χ4v) is 4.43. The van der Waals surface area contributed by atoms with Gasteiger partial charge >= 0.3 is 6.03 Å². The summed E-state index contributed by atoms with van der Waals surface area (Å²) in [6.07, 6.45) is 3.79. The van der Waals surface area contributed by atoms with Crippen LogP contribution in [0.1, 0.15) is 66.8 Å². The van der Waals surface area contributed by atoms with Crippen molar-refractivity contribution in [2.75, 3.05) is 26.2 Å². The van der Waals surface area contributed by atoms with Crippen LogP contribution < -0.4 is 0 Å². The van der Waals surface area contributed by atoms with Crippen molar-refractivity contribution < 1.29 is 14.4 Å². The zero-order chi connectivity index (χ0) is 20.0. The van der Waals surface area contributed by atoms with Crippen molar-refractivity contribution in [2.45, 2.75) is 56.5 Å². The molecule has 2 aromatic rings. The number of benzene rings is 1. The van der Waals surface area contributed by atoms with Crippen molar-refractivity contribution in [2.24, 2.45) is 0 Å². The molecule has 0 bridgehead atoms. The number of aliphatic hydroxyl groups excluding tert-OH is 1. The summed E-state index contributed by atoms with van der Waals surface area (Å²) in [6, 6.07) is 8.72. The number of nitrogens with zero attached hydrogens (tertiary/aromatic N) is 4. The number of aliphatic hydroxyl groups is 1. The number of amides is 2. The standard InChI is InChI=1S/C22H28N4O3/c1-2-14-3-5-15(6-4-14)17-9-18(21-23-20(24-29-21)16-7-8-16)11-25(10-17)22(28)26-12-19(27)13-26/h3-6,16-19,27H,2,7-13H2,1H3. The average molecular weight is 396 g/mol. The van der Waals surface area contributed by atoms with Gasteiger partial charge in [-0.1, -0.05) is 36.3 Å². The number of aryl methyl sites for hydroxylation is 1. The molecule has 1 saturated carbocycles. The Labute approximate surface area is 170 Å². The lowest BCUT2D eigenvalue weighted by molar-refractivity contribution is 0.0111. The van der Waals surface area contributed by atoms with Gasteiger partial charge in [0, 0.05) is 24.9 Å². The van der Waals surface area contributed by atoms with Crippen LogP contribution >= 0.6 is 0 Å². The van der Waals surface area contributed by atoms with Crippen molar-refractivity contribution in [3.63, 3.8) is 0 Å². The second kappa shape index (κ2) is 7.44. The summed E-state index contributed by atoms with van der Waals surface area (Å²) in [7, 11) is 0. The topological polar surface area (TPSA) is 82.7 Å². The van der Waals surface area contributed by atoms with Gasteiger partial charge in [0.25, 0.3) is 0 Å². The molecular formula is C22H28N4O3. The first kappa shape index (κ1) is 18.6. The third kappa shape index (κ3) is 3.75. The summed E-state index contributed by atoms with van der Waals surface area (Å²) in [5.41, 5.74) is 2.56. The summed E-state index contributed by atoms with van der Waals surface area (Å²) >= 11 is 0. The van der Waals surface area contributed by atoms with Crippen molar-refractivity contribution >= 4 is 6.03 Å². The zero-order valence-corrected chi connectivity index (χ0v) is 16.8. The minimum atomic E-state index is -0.394. The van der Waals surface area contributed by atoms with Gasteiger partial charge in [0.1, 0.15) is 0 Å². The molecule has 1 N–H and O–H groups in total. The maximum absolute atomic E-state index is 13.0. The summed E-state index contributed by atoms with van der Waals surface area (Å²) in [5, 5.41) is 13.8. The van der Waals surface area contributed by atoms with Crippen LogP contribution in [-0.4, -0.2) is 63.4 Å². The average Bonchev–Trinajstić information content (AvgIpc) is 3.47. The first-order valence-corrected chi connectivity index (χ1v) is 10.7. The Morgan fingerprint density at radius 3 is 2.41 bits per heavy atom. The summed E-state index contributed by atoms with van der Waals surface area (Å²) in [6.45, 7) is 4.25. The Hall–Kier alpha value is -2.41. The van der Waals surface area contributed by atoms with Crippen molar-refractivity contribution in [1.82, 2.24) is 19.9 Å². The Morgan fingerprint density at radius 1 is 1.07 bits per heavy atom. The number of hydrogen-bond acceptors (Lipinski definition) is 5. The highest BCUT2D eigenvalue weighted by Crippen LogP contribution is 2.40. The van der Waals surface area contributed by atoms with Gasteiger partial charge in [0.15, 0.2) is 5.82 Å². The van der Waals surface area contributed by atoms with E-state index in [0.717, 1.165) is 31.5 Å². The number of piperidine rings is 1. The fourth-order valence-electron chi connectivity index (χ4n) is 4.43. The minimum Gasteiger partial charge on any atom is -0.389 e. The van der Waals surface area contributed by atoms with Crippen LogP contribution in [0.3, 0.4) is 0 Å². The van der Waals surface area contributed by atoms with Crippen LogP contribution in [0.4, 0.5) is 4.79 Å². The molecule has 7 heteroatoms. The van der Waals surface area contributed by atoms with Crippen LogP contribution in [-0.2, 0) is 6.42 Å². The molecule has 2 aliphatic heterocycles. The Bertz CT molecular complexity index is 870. The third-order valence-corrected chi connectivity index (χ3v) is 6.46. The molecule has 3 aliphatic rings. The van der Waals surface area contributed by atoms with Crippen LogP contribution in [0.5, 0.6) is 0 Å². The molecule has 0 radical (unpaired) electrons. The van der Waals surface area contributed by atoms with Gasteiger partial charge in [-0.05, 0) is 36.8 Å². The van der Waals surface area contributed by atoms with Crippen LogP contribution in [0.25, 0.3) is 0 Å².